The van der Waals surface area contributed by atoms with Crippen molar-refractivity contribution in [2.24, 2.45) is 5.92 Å². The fourth-order valence-electron chi connectivity index (χ4n) is 2.88. The van der Waals surface area contributed by atoms with Crippen LogP contribution in [0.5, 0.6) is 0 Å². The van der Waals surface area contributed by atoms with Gasteiger partial charge in [-0.3, -0.25) is 14.9 Å². The molecule has 144 valence electrons. The number of amides is 1. The second-order valence-electron chi connectivity index (χ2n) is 7.63. The van der Waals surface area contributed by atoms with Crippen LogP contribution in [-0.2, 0) is 16.0 Å². The summed E-state index contributed by atoms with van der Waals surface area (Å²) in [5, 5.41) is 21.1. The molecule has 0 aliphatic rings. The molecular weight excluding hydrogens is 360 g/mol. The van der Waals surface area contributed by atoms with E-state index in [0.717, 1.165) is 0 Å². The van der Waals surface area contributed by atoms with Gasteiger partial charge in [-0.2, -0.15) is 0 Å². The molecule has 26 heavy (non-hydrogen) atoms. The molecule has 1 aromatic rings. The summed E-state index contributed by atoms with van der Waals surface area (Å²) in [5.41, 5.74) is -0.807. The molecule has 1 N–H and O–H groups in total. The molecule has 0 fully saturated rings. The molecule has 0 radical (unpaired) electrons. The number of hydrogen-bond donors (Lipinski definition) is 1. The van der Waals surface area contributed by atoms with Gasteiger partial charge < -0.3 is 10.0 Å². The summed E-state index contributed by atoms with van der Waals surface area (Å²) in [4.78, 5) is 36.7. The minimum Gasteiger partial charge on any atom is -0.480 e. The van der Waals surface area contributed by atoms with Crippen molar-refractivity contribution in [2.45, 2.75) is 59.0 Å². The highest BCUT2D eigenvalue weighted by Gasteiger charge is 2.38. The van der Waals surface area contributed by atoms with Gasteiger partial charge in [0.2, 0.25) is 5.91 Å². The average Bonchev–Trinajstić information content (AvgIpc) is 2.46. The average molecular weight is 385 g/mol. The Labute approximate surface area is 158 Å². The standard InChI is InChI=1S/C18H25ClN2O5/c1-11(2)8-15(17(23)24)20(18(3,4)5)16(22)9-12-6-7-13(19)10-14(12)21(25)26/h6-7,10-11,15H,8-9H2,1-5H3,(H,23,24)/t15-/m0/s1. The maximum Gasteiger partial charge on any atom is 0.326 e. The van der Waals surface area contributed by atoms with Crippen LogP contribution in [0.25, 0.3) is 0 Å². The topological polar surface area (TPSA) is 101 Å². The van der Waals surface area contributed by atoms with Crippen molar-refractivity contribution in [1.29, 1.82) is 0 Å². The monoisotopic (exact) mass is 384 g/mol. The molecule has 0 saturated heterocycles. The van der Waals surface area contributed by atoms with Gasteiger partial charge in [-0.25, -0.2) is 4.79 Å². The molecule has 0 unspecified atom stereocenters. The number of nitro groups is 1. The SMILES string of the molecule is CC(C)C[C@@H](C(=O)O)N(C(=O)Cc1ccc(Cl)cc1[N+](=O)[O-])C(C)(C)C. The fourth-order valence-corrected chi connectivity index (χ4v) is 3.05. The molecule has 8 heteroatoms. The molecule has 0 spiro atoms. The third-order valence-corrected chi connectivity index (χ3v) is 4.10. The Hall–Kier alpha value is -2.15. The Balaban J connectivity index is 3.27. The number of hydrogen-bond acceptors (Lipinski definition) is 4. The molecule has 0 aliphatic carbocycles. The Morgan fingerprint density at radius 3 is 2.31 bits per heavy atom. The van der Waals surface area contributed by atoms with Crippen LogP contribution >= 0.6 is 11.6 Å². The molecule has 1 rings (SSSR count). The highest BCUT2D eigenvalue weighted by atomic mass is 35.5. The van der Waals surface area contributed by atoms with Crippen LogP contribution in [0.1, 0.15) is 46.6 Å². The predicted molar refractivity (Wildman–Crippen MR) is 99.3 cm³/mol. The van der Waals surface area contributed by atoms with Crippen molar-refractivity contribution < 1.29 is 19.6 Å². The number of nitro benzene ring substituents is 1. The third-order valence-electron chi connectivity index (χ3n) is 3.87. The summed E-state index contributed by atoms with van der Waals surface area (Å²) in [5.74, 6) is -1.50. The van der Waals surface area contributed by atoms with E-state index in [2.05, 4.69) is 0 Å². The summed E-state index contributed by atoms with van der Waals surface area (Å²) in [6.45, 7) is 9.00. The van der Waals surface area contributed by atoms with Gasteiger partial charge in [-0.05, 0) is 39.2 Å². The van der Waals surface area contributed by atoms with Gasteiger partial charge in [0.05, 0.1) is 11.3 Å². The quantitative estimate of drug-likeness (QED) is 0.567. The zero-order chi connectivity index (χ0) is 20.2. The van der Waals surface area contributed by atoms with Crippen molar-refractivity contribution in [2.75, 3.05) is 0 Å². The highest BCUT2D eigenvalue weighted by Crippen LogP contribution is 2.27. The van der Waals surface area contributed by atoms with E-state index in [-0.39, 0.29) is 28.6 Å². The van der Waals surface area contributed by atoms with Gasteiger partial charge in [0.25, 0.3) is 5.69 Å². The first-order chi connectivity index (χ1) is 11.8. The smallest absolute Gasteiger partial charge is 0.326 e. The lowest BCUT2D eigenvalue weighted by atomic mass is 9.95. The van der Waals surface area contributed by atoms with Gasteiger partial charge in [0.1, 0.15) is 6.04 Å². The van der Waals surface area contributed by atoms with Crippen LogP contribution in [-0.4, -0.2) is 38.4 Å². The maximum absolute atomic E-state index is 13.0. The normalized spacial score (nSPS) is 12.7. The van der Waals surface area contributed by atoms with Crippen LogP contribution in [0.2, 0.25) is 5.02 Å². The number of benzene rings is 1. The molecule has 7 nitrogen and oxygen atoms in total. The van der Waals surface area contributed by atoms with Crippen LogP contribution < -0.4 is 0 Å². The number of aliphatic carboxylic acids is 1. The Bertz CT molecular complexity index is 697. The van der Waals surface area contributed by atoms with E-state index in [1.807, 2.05) is 13.8 Å². The first-order valence-electron chi connectivity index (χ1n) is 8.32. The summed E-state index contributed by atoms with van der Waals surface area (Å²) < 4.78 is 0. The van der Waals surface area contributed by atoms with E-state index in [1.165, 1.54) is 23.1 Å². The van der Waals surface area contributed by atoms with E-state index in [1.54, 1.807) is 20.8 Å². The van der Waals surface area contributed by atoms with Crippen molar-refractivity contribution in [3.63, 3.8) is 0 Å². The number of carboxylic acid groups (broad SMARTS) is 1. The number of carbonyl (C=O) groups excluding carboxylic acids is 1. The molecule has 0 aliphatic heterocycles. The number of rotatable bonds is 7. The van der Waals surface area contributed by atoms with Gasteiger partial charge in [0.15, 0.2) is 0 Å². The minimum absolute atomic E-state index is 0.0682. The Kier molecular flexibility index (Phi) is 7.15. The largest absolute Gasteiger partial charge is 0.480 e. The van der Waals surface area contributed by atoms with Gasteiger partial charge in [-0.15, -0.1) is 0 Å². The molecule has 1 aromatic carbocycles. The second kappa shape index (κ2) is 8.49. The fraction of sp³-hybridized carbons (Fsp3) is 0.556. The summed E-state index contributed by atoms with van der Waals surface area (Å²) >= 11 is 5.80. The Morgan fingerprint density at radius 2 is 1.88 bits per heavy atom. The van der Waals surface area contributed by atoms with E-state index < -0.39 is 28.4 Å². The highest BCUT2D eigenvalue weighted by molar-refractivity contribution is 6.30. The Morgan fingerprint density at radius 1 is 1.31 bits per heavy atom. The van der Waals surface area contributed by atoms with Crippen molar-refractivity contribution in [1.82, 2.24) is 4.90 Å². The summed E-state index contributed by atoms with van der Waals surface area (Å²) in [6, 6.07) is 3.08. The lowest BCUT2D eigenvalue weighted by Gasteiger charge is -2.40. The lowest BCUT2D eigenvalue weighted by Crippen LogP contribution is -2.55. The number of halogens is 1. The van der Waals surface area contributed by atoms with E-state index in [0.29, 0.717) is 6.42 Å². The first-order valence-corrected chi connectivity index (χ1v) is 8.70. The van der Waals surface area contributed by atoms with Gasteiger partial charge >= 0.3 is 5.97 Å². The predicted octanol–water partition coefficient (Wildman–Crippen LogP) is 3.92. The zero-order valence-electron chi connectivity index (χ0n) is 15.7. The molecular formula is C18H25ClN2O5. The van der Waals surface area contributed by atoms with E-state index in [9.17, 15) is 24.8 Å². The first kappa shape index (κ1) is 21.9. The summed E-state index contributed by atoms with van der Waals surface area (Å²) in [7, 11) is 0. The third kappa shape index (κ3) is 5.69. The second-order valence-corrected chi connectivity index (χ2v) is 8.06. The van der Waals surface area contributed by atoms with E-state index >= 15 is 0 Å². The lowest BCUT2D eigenvalue weighted by molar-refractivity contribution is -0.385. The van der Waals surface area contributed by atoms with Crippen LogP contribution in [0.15, 0.2) is 18.2 Å². The molecule has 1 amide bonds. The minimum atomic E-state index is -1.09. The van der Waals surface area contributed by atoms with Crippen molar-refractivity contribution in [3.8, 4) is 0 Å². The summed E-state index contributed by atoms with van der Waals surface area (Å²) in [6.07, 6.45) is 0.0215. The number of carbonyl (C=O) groups is 2. The van der Waals surface area contributed by atoms with Crippen LogP contribution in [0.4, 0.5) is 5.69 Å². The number of nitrogens with zero attached hydrogens (tertiary/aromatic N) is 2. The number of carboxylic acids is 1. The maximum atomic E-state index is 13.0. The van der Waals surface area contributed by atoms with Gasteiger partial charge in [-0.1, -0.05) is 31.5 Å². The van der Waals surface area contributed by atoms with Gasteiger partial charge in [0, 0.05) is 22.2 Å². The zero-order valence-corrected chi connectivity index (χ0v) is 16.4. The molecule has 1 atom stereocenters. The van der Waals surface area contributed by atoms with Crippen molar-refractivity contribution >= 4 is 29.2 Å². The molecule has 0 saturated carbocycles. The van der Waals surface area contributed by atoms with Crippen molar-refractivity contribution in [3.05, 3.63) is 38.9 Å². The van der Waals surface area contributed by atoms with E-state index in [4.69, 9.17) is 11.6 Å². The molecule has 0 bridgehead atoms. The van der Waals surface area contributed by atoms with Crippen LogP contribution in [0.3, 0.4) is 0 Å². The molecule has 0 heterocycles. The van der Waals surface area contributed by atoms with Crippen LogP contribution in [0, 0.1) is 16.0 Å². The molecule has 0 aromatic heterocycles.